The van der Waals surface area contributed by atoms with Crippen LogP contribution in [0.3, 0.4) is 0 Å². The van der Waals surface area contributed by atoms with Crippen LogP contribution in [-0.4, -0.2) is 55.8 Å². The third-order valence-corrected chi connectivity index (χ3v) is 6.67. The van der Waals surface area contributed by atoms with Gasteiger partial charge in [0.1, 0.15) is 5.82 Å². The first-order valence-electron chi connectivity index (χ1n) is 12.8. The number of aliphatic hydroxyl groups excluding tert-OH is 1. The van der Waals surface area contributed by atoms with E-state index in [1.807, 2.05) is 13.8 Å². The van der Waals surface area contributed by atoms with Crippen molar-refractivity contribution in [2.24, 2.45) is 5.41 Å². The molecule has 11 nitrogen and oxygen atoms in total. The molecular formula is C26H33F3N6O5. The molecule has 0 fully saturated rings. The topological polar surface area (TPSA) is 155 Å². The molecule has 0 saturated heterocycles. The molecule has 2 aromatic heterocycles. The van der Waals surface area contributed by atoms with Gasteiger partial charge >= 0.3 is 12.3 Å². The summed E-state index contributed by atoms with van der Waals surface area (Å²) in [6.07, 6.45) is -4.46. The maximum absolute atomic E-state index is 13.3. The van der Waals surface area contributed by atoms with Crippen LogP contribution in [0.5, 0.6) is 0 Å². The maximum Gasteiger partial charge on any atom is 0.416 e. The van der Waals surface area contributed by atoms with E-state index in [2.05, 4.69) is 31.0 Å². The second-order valence-electron chi connectivity index (χ2n) is 9.98. The van der Waals surface area contributed by atoms with Gasteiger partial charge in [-0.2, -0.15) is 18.3 Å². The number of amides is 2. The number of hydrogen-bond acceptors (Lipinski definition) is 8. The van der Waals surface area contributed by atoms with Crippen molar-refractivity contribution in [3.63, 3.8) is 0 Å². The Morgan fingerprint density at radius 3 is 2.38 bits per heavy atom. The van der Waals surface area contributed by atoms with Gasteiger partial charge in [0.05, 0.1) is 30.3 Å². The van der Waals surface area contributed by atoms with Crippen LogP contribution < -0.4 is 10.6 Å². The molecule has 2 amide bonds. The standard InChI is InChI=1S/C26H33F3N6O5/c1-5-12-24(3,4)25(32-23(38)39-14-6-2,20(36)21(37)31-18-11-13-30-33-18)15-19-34-35-22(40-19)16-7-9-17(10-8-16)26(27,28)29/h7-11,13,20,36H,5-6,12,14-15H2,1-4H3,(H,32,38)(H2,30,31,33,37)/t20-,25-/m0/s1. The van der Waals surface area contributed by atoms with Crippen molar-refractivity contribution in [3.05, 3.63) is 48.0 Å². The second kappa shape index (κ2) is 12.5. The smallest absolute Gasteiger partial charge is 0.416 e. The number of benzene rings is 1. The number of rotatable bonds is 12. The number of anilines is 1. The lowest BCUT2D eigenvalue weighted by molar-refractivity contribution is -0.137. The molecule has 14 heteroatoms. The van der Waals surface area contributed by atoms with Gasteiger partial charge in [0.15, 0.2) is 6.10 Å². The van der Waals surface area contributed by atoms with Crippen molar-refractivity contribution >= 4 is 17.8 Å². The number of aromatic amines is 1. The summed E-state index contributed by atoms with van der Waals surface area (Å²) in [4.78, 5) is 26.2. The fourth-order valence-electron chi connectivity index (χ4n) is 4.48. The van der Waals surface area contributed by atoms with Gasteiger partial charge in [0, 0.05) is 11.6 Å². The molecule has 0 saturated carbocycles. The monoisotopic (exact) mass is 566 g/mol. The number of nitrogens with zero attached hydrogens (tertiary/aromatic N) is 3. The first-order chi connectivity index (χ1) is 18.8. The summed E-state index contributed by atoms with van der Waals surface area (Å²) in [7, 11) is 0. The van der Waals surface area contributed by atoms with Crippen molar-refractivity contribution in [1.82, 2.24) is 25.7 Å². The molecular weight excluding hydrogens is 533 g/mol. The molecule has 40 heavy (non-hydrogen) atoms. The SMILES string of the molecule is CCCOC(=O)N[C@@](Cc1nnc(-c2ccc(C(F)(F)F)cc2)o1)([C@@H](O)C(=O)Nc1ccn[nH]1)C(C)(C)CCC. The molecule has 3 aromatic rings. The molecule has 218 valence electrons. The Labute approximate surface area is 228 Å². The van der Waals surface area contributed by atoms with Crippen LogP contribution in [0.2, 0.25) is 0 Å². The lowest BCUT2D eigenvalue weighted by atomic mass is 9.64. The van der Waals surface area contributed by atoms with E-state index in [1.54, 1.807) is 13.8 Å². The summed E-state index contributed by atoms with van der Waals surface area (Å²) in [5, 5.41) is 31.1. The highest BCUT2D eigenvalue weighted by atomic mass is 19.4. The Hall–Kier alpha value is -3.94. The summed E-state index contributed by atoms with van der Waals surface area (Å²) < 4.78 is 49.9. The van der Waals surface area contributed by atoms with Crippen LogP contribution in [-0.2, 0) is 22.1 Å². The highest BCUT2D eigenvalue weighted by Gasteiger charge is 2.55. The number of H-pyrrole nitrogens is 1. The zero-order valence-corrected chi connectivity index (χ0v) is 22.6. The number of carbonyl (C=O) groups is 2. The van der Waals surface area contributed by atoms with Crippen molar-refractivity contribution in [1.29, 1.82) is 0 Å². The number of ether oxygens (including phenoxy) is 1. The number of halogens is 3. The lowest BCUT2D eigenvalue weighted by Crippen LogP contribution is -2.69. The van der Waals surface area contributed by atoms with Gasteiger partial charge in [-0.1, -0.05) is 34.1 Å². The van der Waals surface area contributed by atoms with E-state index in [9.17, 15) is 27.9 Å². The van der Waals surface area contributed by atoms with E-state index < -0.39 is 40.8 Å². The van der Waals surface area contributed by atoms with E-state index in [0.717, 1.165) is 12.1 Å². The summed E-state index contributed by atoms with van der Waals surface area (Å²) in [5.41, 5.74) is -3.27. The molecule has 0 unspecified atom stereocenters. The molecule has 1 aromatic carbocycles. The fourth-order valence-corrected chi connectivity index (χ4v) is 4.48. The number of carbonyl (C=O) groups excluding carboxylic acids is 2. The Morgan fingerprint density at radius 2 is 1.80 bits per heavy atom. The maximum atomic E-state index is 13.3. The quantitative estimate of drug-likeness (QED) is 0.245. The largest absolute Gasteiger partial charge is 0.450 e. The van der Waals surface area contributed by atoms with Crippen molar-refractivity contribution in [2.75, 3.05) is 11.9 Å². The third kappa shape index (κ3) is 6.97. The number of alkyl carbamates (subject to hydrolysis) is 1. The Morgan fingerprint density at radius 1 is 1.10 bits per heavy atom. The predicted molar refractivity (Wildman–Crippen MR) is 138 cm³/mol. The van der Waals surface area contributed by atoms with Gasteiger partial charge in [-0.25, -0.2) is 4.79 Å². The van der Waals surface area contributed by atoms with Gasteiger partial charge in [-0.15, -0.1) is 10.2 Å². The molecule has 0 aliphatic heterocycles. The zero-order valence-electron chi connectivity index (χ0n) is 22.6. The van der Waals surface area contributed by atoms with Gasteiger partial charge in [0.2, 0.25) is 11.8 Å². The number of hydrogen-bond donors (Lipinski definition) is 4. The minimum atomic E-state index is -4.51. The summed E-state index contributed by atoms with van der Waals surface area (Å²) in [6, 6.07) is 5.66. The predicted octanol–water partition coefficient (Wildman–Crippen LogP) is 4.72. The number of alkyl halides is 3. The lowest BCUT2D eigenvalue weighted by Gasteiger charge is -2.48. The second-order valence-corrected chi connectivity index (χ2v) is 9.98. The number of nitrogens with one attached hydrogen (secondary N) is 3. The van der Waals surface area contributed by atoms with Gasteiger partial charge in [-0.3, -0.25) is 9.89 Å². The molecule has 0 bridgehead atoms. The Balaban J connectivity index is 2.02. The minimum absolute atomic E-state index is 0.0664. The van der Waals surface area contributed by atoms with Gasteiger partial charge in [0.25, 0.3) is 5.91 Å². The molecule has 0 spiro atoms. The first kappa shape index (κ1) is 30.6. The summed E-state index contributed by atoms with van der Waals surface area (Å²) >= 11 is 0. The van der Waals surface area contributed by atoms with Crippen LogP contribution >= 0.6 is 0 Å². The van der Waals surface area contributed by atoms with Crippen LogP contribution in [0.15, 0.2) is 40.9 Å². The number of aliphatic hydroxyl groups is 1. The first-order valence-corrected chi connectivity index (χ1v) is 12.8. The molecule has 0 aliphatic carbocycles. The minimum Gasteiger partial charge on any atom is -0.450 e. The van der Waals surface area contributed by atoms with Gasteiger partial charge < -0.3 is 24.9 Å². The highest BCUT2D eigenvalue weighted by molar-refractivity contribution is 5.94. The van der Waals surface area contributed by atoms with Crippen LogP contribution in [0.1, 0.15) is 58.4 Å². The van der Waals surface area contributed by atoms with E-state index in [4.69, 9.17) is 9.15 Å². The highest BCUT2D eigenvalue weighted by Crippen LogP contribution is 2.41. The normalized spacial score (nSPS) is 14.3. The van der Waals surface area contributed by atoms with E-state index in [1.165, 1.54) is 24.4 Å². The van der Waals surface area contributed by atoms with Crippen LogP contribution in [0.25, 0.3) is 11.5 Å². The molecule has 0 aliphatic rings. The average molecular weight is 567 g/mol. The molecule has 0 radical (unpaired) electrons. The van der Waals surface area contributed by atoms with E-state index in [-0.39, 0.29) is 36.2 Å². The van der Waals surface area contributed by atoms with Crippen LogP contribution in [0.4, 0.5) is 23.8 Å². The summed E-state index contributed by atoms with van der Waals surface area (Å²) in [6.45, 7) is 7.38. The van der Waals surface area contributed by atoms with Crippen molar-refractivity contribution < 1.29 is 37.0 Å². The summed E-state index contributed by atoms with van der Waals surface area (Å²) in [5.74, 6) is -0.756. The molecule has 2 heterocycles. The molecule has 4 N–H and O–H groups in total. The Bertz CT molecular complexity index is 1260. The molecule has 3 rings (SSSR count). The van der Waals surface area contributed by atoms with E-state index >= 15 is 0 Å². The van der Waals surface area contributed by atoms with Crippen molar-refractivity contribution in [2.45, 2.75) is 71.2 Å². The third-order valence-electron chi connectivity index (χ3n) is 6.67. The fraction of sp³-hybridized carbons (Fsp3) is 0.500. The van der Waals surface area contributed by atoms with Gasteiger partial charge in [-0.05, 0) is 42.5 Å². The average Bonchev–Trinajstić information content (AvgIpc) is 3.58. The molecule has 2 atom stereocenters. The van der Waals surface area contributed by atoms with E-state index in [0.29, 0.717) is 19.3 Å². The number of aromatic nitrogens is 4. The van der Waals surface area contributed by atoms with Crippen LogP contribution in [0, 0.1) is 5.41 Å². The van der Waals surface area contributed by atoms with Crippen molar-refractivity contribution in [3.8, 4) is 11.5 Å². The Kier molecular flexibility index (Phi) is 9.56. The zero-order chi connectivity index (χ0) is 29.6.